The first-order valence-electron chi connectivity index (χ1n) is 7.90. The van der Waals surface area contributed by atoms with Crippen LogP contribution in [0.1, 0.15) is 41.5 Å². The van der Waals surface area contributed by atoms with Gasteiger partial charge in [0.1, 0.15) is 0 Å². The summed E-state index contributed by atoms with van der Waals surface area (Å²) >= 11 is 3.40. The van der Waals surface area contributed by atoms with Gasteiger partial charge in [-0.15, -0.1) is 22.7 Å². The molecule has 3 nitrogen and oxygen atoms in total. The molecule has 118 valence electrons. The molecule has 0 spiro atoms. The van der Waals surface area contributed by atoms with E-state index >= 15 is 0 Å². The van der Waals surface area contributed by atoms with E-state index in [1.54, 1.807) is 22.7 Å². The maximum absolute atomic E-state index is 12.4. The average molecular weight is 335 g/mol. The fraction of sp³-hybridized carbons (Fsp3) is 0.471. The average Bonchev–Trinajstić information content (AvgIpc) is 3.25. The molecule has 5 heteroatoms. The number of amides is 1. The van der Waals surface area contributed by atoms with Gasteiger partial charge in [0.05, 0.1) is 6.04 Å². The minimum atomic E-state index is 0.0144. The van der Waals surface area contributed by atoms with Crippen LogP contribution in [0.5, 0.6) is 0 Å². The number of hydrogen-bond acceptors (Lipinski definition) is 4. The van der Waals surface area contributed by atoms with Gasteiger partial charge >= 0.3 is 0 Å². The lowest BCUT2D eigenvalue weighted by atomic mass is 9.93. The lowest BCUT2D eigenvalue weighted by Crippen LogP contribution is -2.31. The fourth-order valence-electron chi connectivity index (χ4n) is 2.93. The van der Waals surface area contributed by atoms with Gasteiger partial charge in [0, 0.05) is 16.2 Å². The summed E-state index contributed by atoms with van der Waals surface area (Å²) < 4.78 is 0. The highest BCUT2D eigenvalue weighted by molar-refractivity contribution is 7.11. The van der Waals surface area contributed by atoms with E-state index in [0.29, 0.717) is 12.3 Å². The summed E-state index contributed by atoms with van der Waals surface area (Å²) in [6, 6.07) is 8.30. The van der Waals surface area contributed by atoms with Crippen LogP contribution < -0.4 is 10.6 Å². The van der Waals surface area contributed by atoms with Crippen LogP contribution in [0.2, 0.25) is 0 Å². The second kappa shape index (κ2) is 7.90. The molecule has 1 aliphatic heterocycles. The van der Waals surface area contributed by atoms with Gasteiger partial charge in [-0.05, 0) is 61.2 Å². The summed E-state index contributed by atoms with van der Waals surface area (Å²) in [5.41, 5.74) is 0. The van der Waals surface area contributed by atoms with Crippen LogP contribution in [0.25, 0.3) is 0 Å². The van der Waals surface area contributed by atoms with E-state index in [1.807, 2.05) is 12.1 Å². The van der Waals surface area contributed by atoms with Crippen LogP contribution >= 0.6 is 22.7 Å². The Bertz CT molecular complexity index is 525. The Balaban J connectivity index is 1.57. The Morgan fingerprint density at radius 3 is 2.36 bits per heavy atom. The normalized spacial score (nSPS) is 16.0. The van der Waals surface area contributed by atoms with Gasteiger partial charge in [-0.1, -0.05) is 12.1 Å². The minimum Gasteiger partial charge on any atom is -0.344 e. The van der Waals surface area contributed by atoms with Crippen LogP contribution in [0.3, 0.4) is 0 Å². The lowest BCUT2D eigenvalue weighted by Gasteiger charge is -2.23. The van der Waals surface area contributed by atoms with E-state index in [-0.39, 0.29) is 11.9 Å². The van der Waals surface area contributed by atoms with Crippen molar-refractivity contribution in [3.8, 4) is 0 Å². The molecule has 3 rings (SSSR count). The Morgan fingerprint density at radius 1 is 1.18 bits per heavy atom. The summed E-state index contributed by atoms with van der Waals surface area (Å²) in [5, 5.41) is 10.7. The summed E-state index contributed by atoms with van der Waals surface area (Å²) in [4.78, 5) is 14.8. The highest BCUT2D eigenvalue weighted by Gasteiger charge is 2.20. The predicted molar refractivity (Wildman–Crippen MR) is 93.5 cm³/mol. The number of thiophene rings is 2. The highest BCUT2D eigenvalue weighted by atomic mass is 32.1. The number of carbonyl (C=O) groups excluding carboxylic acids is 1. The largest absolute Gasteiger partial charge is 0.344 e. The summed E-state index contributed by atoms with van der Waals surface area (Å²) in [6.45, 7) is 2.19. The van der Waals surface area contributed by atoms with Crippen molar-refractivity contribution in [2.24, 2.45) is 5.92 Å². The molecule has 0 saturated carbocycles. The van der Waals surface area contributed by atoms with Crippen molar-refractivity contribution in [2.45, 2.75) is 31.7 Å². The SMILES string of the molecule is O=C(CCC1CCNCC1)NC(c1cccs1)c1cccs1. The zero-order valence-electron chi connectivity index (χ0n) is 12.6. The number of carbonyl (C=O) groups is 1. The van der Waals surface area contributed by atoms with Crippen LogP contribution in [0.4, 0.5) is 0 Å². The number of rotatable bonds is 6. The van der Waals surface area contributed by atoms with Crippen LogP contribution in [-0.2, 0) is 4.79 Å². The molecule has 1 amide bonds. The number of hydrogen-bond donors (Lipinski definition) is 2. The molecular weight excluding hydrogens is 312 g/mol. The first kappa shape index (κ1) is 15.7. The van der Waals surface area contributed by atoms with E-state index in [0.717, 1.165) is 19.5 Å². The Labute approximate surface area is 139 Å². The maximum atomic E-state index is 12.4. The Kier molecular flexibility index (Phi) is 5.64. The molecule has 2 aromatic heterocycles. The topological polar surface area (TPSA) is 41.1 Å². The van der Waals surface area contributed by atoms with Gasteiger partial charge < -0.3 is 10.6 Å². The quantitative estimate of drug-likeness (QED) is 0.844. The third-order valence-corrected chi connectivity index (χ3v) is 6.07. The smallest absolute Gasteiger partial charge is 0.220 e. The first-order chi connectivity index (χ1) is 10.8. The van der Waals surface area contributed by atoms with Crippen LogP contribution in [0, 0.1) is 5.92 Å². The molecule has 0 atom stereocenters. The van der Waals surface area contributed by atoms with Gasteiger partial charge in [0.2, 0.25) is 5.91 Å². The van der Waals surface area contributed by atoms with Crippen LogP contribution in [0.15, 0.2) is 35.0 Å². The van der Waals surface area contributed by atoms with Gasteiger partial charge in [-0.25, -0.2) is 0 Å². The fourth-order valence-corrected chi connectivity index (χ4v) is 4.59. The monoisotopic (exact) mass is 334 g/mol. The van der Waals surface area contributed by atoms with E-state index in [2.05, 4.69) is 33.5 Å². The molecule has 1 aliphatic rings. The number of nitrogens with one attached hydrogen (secondary N) is 2. The molecule has 0 aliphatic carbocycles. The summed E-state index contributed by atoms with van der Waals surface area (Å²) in [6.07, 6.45) is 4.05. The zero-order valence-corrected chi connectivity index (χ0v) is 14.2. The standard InChI is InChI=1S/C17H22N2OS2/c20-16(6-5-13-7-9-18-10-8-13)19-17(14-3-1-11-21-14)15-4-2-12-22-15/h1-4,11-13,17-18H,5-10H2,(H,19,20). The van der Waals surface area contributed by atoms with Crippen molar-refractivity contribution in [1.29, 1.82) is 0 Å². The first-order valence-corrected chi connectivity index (χ1v) is 9.66. The minimum absolute atomic E-state index is 0.0144. The van der Waals surface area contributed by atoms with Crippen molar-refractivity contribution in [1.82, 2.24) is 10.6 Å². The van der Waals surface area contributed by atoms with Gasteiger partial charge in [0.15, 0.2) is 0 Å². The van der Waals surface area contributed by atoms with Crippen LogP contribution in [-0.4, -0.2) is 19.0 Å². The molecule has 22 heavy (non-hydrogen) atoms. The van der Waals surface area contributed by atoms with Crippen molar-refractivity contribution in [3.05, 3.63) is 44.8 Å². The molecule has 0 aromatic carbocycles. The molecule has 3 heterocycles. The van der Waals surface area contributed by atoms with E-state index in [4.69, 9.17) is 0 Å². The molecule has 0 bridgehead atoms. The van der Waals surface area contributed by atoms with Crippen molar-refractivity contribution in [3.63, 3.8) is 0 Å². The maximum Gasteiger partial charge on any atom is 0.220 e. The van der Waals surface area contributed by atoms with Gasteiger partial charge in [-0.3, -0.25) is 4.79 Å². The zero-order chi connectivity index (χ0) is 15.2. The lowest BCUT2D eigenvalue weighted by molar-refractivity contribution is -0.121. The summed E-state index contributed by atoms with van der Waals surface area (Å²) in [7, 11) is 0. The summed E-state index contributed by atoms with van der Waals surface area (Å²) in [5.74, 6) is 0.874. The Hall–Kier alpha value is -1.17. The molecule has 2 aromatic rings. The van der Waals surface area contributed by atoms with E-state index in [1.165, 1.54) is 22.6 Å². The molecular formula is C17H22N2OS2. The third-order valence-electron chi connectivity index (χ3n) is 4.20. The Morgan fingerprint density at radius 2 is 1.82 bits per heavy atom. The molecule has 1 fully saturated rings. The second-order valence-corrected chi connectivity index (χ2v) is 7.72. The third kappa shape index (κ3) is 4.18. The molecule has 0 radical (unpaired) electrons. The number of piperidine rings is 1. The predicted octanol–water partition coefficient (Wildman–Crippen LogP) is 3.80. The van der Waals surface area contributed by atoms with Crippen molar-refractivity contribution < 1.29 is 4.79 Å². The molecule has 0 unspecified atom stereocenters. The van der Waals surface area contributed by atoms with E-state index in [9.17, 15) is 4.79 Å². The molecule has 2 N–H and O–H groups in total. The second-order valence-electron chi connectivity index (χ2n) is 5.76. The van der Waals surface area contributed by atoms with Gasteiger partial charge in [-0.2, -0.15) is 0 Å². The van der Waals surface area contributed by atoms with Gasteiger partial charge in [0.25, 0.3) is 0 Å². The highest BCUT2D eigenvalue weighted by Crippen LogP contribution is 2.29. The molecule has 1 saturated heterocycles. The van der Waals surface area contributed by atoms with Crippen molar-refractivity contribution in [2.75, 3.05) is 13.1 Å². The van der Waals surface area contributed by atoms with E-state index < -0.39 is 0 Å². The van der Waals surface area contributed by atoms with Crippen molar-refractivity contribution >= 4 is 28.6 Å².